The first-order valence-corrected chi connectivity index (χ1v) is 9.30. The van der Waals surface area contributed by atoms with Gasteiger partial charge in [0.25, 0.3) is 0 Å². The van der Waals surface area contributed by atoms with Crippen molar-refractivity contribution in [1.82, 2.24) is 5.06 Å². The highest BCUT2D eigenvalue weighted by Gasteiger charge is 2.31. The number of rotatable bonds is 7. The van der Waals surface area contributed by atoms with Crippen LogP contribution in [0.1, 0.15) is 96.8 Å². The molecule has 2 saturated carbocycles. The van der Waals surface area contributed by atoms with Gasteiger partial charge < -0.3 is 4.84 Å². The second kappa shape index (κ2) is 9.45. The highest BCUT2D eigenvalue weighted by Crippen LogP contribution is 2.30. The normalized spacial score (nSPS) is 21.6. The Balaban J connectivity index is 1.88. The molecule has 0 heterocycles. The molecule has 0 aromatic heterocycles. The first-order chi connectivity index (χ1) is 10.3. The van der Waals surface area contributed by atoms with Gasteiger partial charge >= 0.3 is 5.97 Å². The molecular weight excluding hydrogens is 262 g/mol. The van der Waals surface area contributed by atoms with Crippen molar-refractivity contribution in [3.05, 3.63) is 0 Å². The fourth-order valence-corrected chi connectivity index (χ4v) is 3.80. The van der Waals surface area contributed by atoms with Gasteiger partial charge in [-0.2, -0.15) is 0 Å². The second-order valence-corrected chi connectivity index (χ2v) is 6.86. The Morgan fingerprint density at radius 3 is 1.90 bits per heavy atom. The van der Waals surface area contributed by atoms with E-state index in [0.717, 1.165) is 19.3 Å². The molecule has 0 bridgehead atoms. The lowest BCUT2D eigenvalue weighted by Crippen LogP contribution is -2.46. The summed E-state index contributed by atoms with van der Waals surface area (Å²) in [7, 11) is 0. The van der Waals surface area contributed by atoms with E-state index in [0.29, 0.717) is 18.5 Å². The van der Waals surface area contributed by atoms with Gasteiger partial charge in [0.15, 0.2) is 0 Å². The lowest BCUT2D eigenvalue weighted by atomic mass is 9.90. The smallest absolute Gasteiger partial charge is 0.325 e. The number of hydrogen-bond donors (Lipinski definition) is 0. The summed E-state index contributed by atoms with van der Waals surface area (Å²) >= 11 is 0. The molecule has 3 heteroatoms. The van der Waals surface area contributed by atoms with Crippen LogP contribution in [0.2, 0.25) is 0 Å². The zero-order valence-electron chi connectivity index (χ0n) is 13.8. The highest BCUT2D eigenvalue weighted by molar-refractivity contribution is 5.68. The minimum Gasteiger partial charge on any atom is -0.367 e. The quantitative estimate of drug-likeness (QED) is 0.489. The Hall–Kier alpha value is -0.570. The fourth-order valence-electron chi connectivity index (χ4n) is 3.80. The van der Waals surface area contributed by atoms with E-state index in [2.05, 4.69) is 12.0 Å². The molecule has 0 atom stereocenters. The molecule has 0 amide bonds. The van der Waals surface area contributed by atoms with E-state index < -0.39 is 0 Å². The zero-order chi connectivity index (χ0) is 14.9. The third kappa shape index (κ3) is 5.61. The van der Waals surface area contributed by atoms with Gasteiger partial charge in [-0.3, -0.25) is 4.79 Å². The Labute approximate surface area is 130 Å². The average molecular weight is 295 g/mol. The van der Waals surface area contributed by atoms with Gasteiger partial charge in [-0.1, -0.05) is 58.3 Å². The van der Waals surface area contributed by atoms with E-state index in [1.165, 1.54) is 64.2 Å². The molecule has 3 nitrogen and oxygen atoms in total. The predicted molar refractivity (Wildman–Crippen MR) is 85.8 cm³/mol. The number of carbonyl (C=O) groups excluding carboxylic acids is 1. The van der Waals surface area contributed by atoms with Gasteiger partial charge in [0.2, 0.25) is 0 Å². The maximum atomic E-state index is 12.1. The lowest BCUT2D eigenvalue weighted by molar-refractivity contribution is -0.223. The summed E-state index contributed by atoms with van der Waals surface area (Å²) in [5.41, 5.74) is 0. The van der Waals surface area contributed by atoms with E-state index in [1.807, 2.05) is 0 Å². The Kier molecular flexibility index (Phi) is 7.56. The van der Waals surface area contributed by atoms with Gasteiger partial charge in [0.1, 0.15) is 0 Å². The standard InChI is InChI=1S/C18H33NO2/c1-2-3-6-15-18(20)21-19(16-11-7-4-8-12-16)17-13-9-5-10-14-17/h16-17H,2-15H2,1H3. The number of carbonyl (C=O) groups is 1. The number of hydrogen-bond acceptors (Lipinski definition) is 3. The molecule has 122 valence electrons. The largest absolute Gasteiger partial charge is 0.367 e. The molecule has 0 unspecified atom stereocenters. The minimum absolute atomic E-state index is 0.000373. The SMILES string of the molecule is CCCCCC(=O)ON(C1CCCCC1)C1CCCCC1. The lowest BCUT2D eigenvalue weighted by Gasteiger charge is -2.39. The van der Waals surface area contributed by atoms with E-state index in [9.17, 15) is 4.79 Å². The van der Waals surface area contributed by atoms with Crippen LogP contribution in [0.5, 0.6) is 0 Å². The van der Waals surface area contributed by atoms with Gasteiger partial charge in [-0.15, -0.1) is 5.06 Å². The molecule has 0 spiro atoms. The summed E-state index contributed by atoms with van der Waals surface area (Å²) in [4.78, 5) is 18.0. The first-order valence-electron chi connectivity index (χ1n) is 9.30. The van der Waals surface area contributed by atoms with Crippen molar-refractivity contribution in [1.29, 1.82) is 0 Å². The minimum atomic E-state index is -0.000373. The molecule has 2 aliphatic rings. The van der Waals surface area contributed by atoms with E-state index in [4.69, 9.17) is 4.84 Å². The van der Waals surface area contributed by atoms with Crippen LogP contribution in [0.4, 0.5) is 0 Å². The molecular formula is C18H33NO2. The molecule has 0 aromatic carbocycles. The molecule has 0 radical (unpaired) electrons. The summed E-state index contributed by atoms with van der Waals surface area (Å²) in [6.07, 6.45) is 16.5. The van der Waals surface area contributed by atoms with Crippen molar-refractivity contribution < 1.29 is 9.63 Å². The van der Waals surface area contributed by atoms with Gasteiger partial charge in [-0.05, 0) is 32.1 Å². The summed E-state index contributed by atoms with van der Waals surface area (Å²) in [6, 6.07) is 0.967. The summed E-state index contributed by atoms with van der Waals surface area (Å²) in [5, 5.41) is 2.15. The number of nitrogens with zero attached hydrogens (tertiary/aromatic N) is 1. The second-order valence-electron chi connectivity index (χ2n) is 6.86. The van der Waals surface area contributed by atoms with Crippen molar-refractivity contribution >= 4 is 5.97 Å². The van der Waals surface area contributed by atoms with E-state index in [1.54, 1.807) is 0 Å². The third-order valence-corrected chi connectivity index (χ3v) is 5.06. The molecule has 0 aliphatic heterocycles. The number of unbranched alkanes of at least 4 members (excludes halogenated alkanes) is 2. The van der Waals surface area contributed by atoms with E-state index in [-0.39, 0.29) is 5.97 Å². The average Bonchev–Trinajstić information content (AvgIpc) is 2.54. The van der Waals surface area contributed by atoms with Crippen LogP contribution in [0.25, 0.3) is 0 Å². The van der Waals surface area contributed by atoms with Crippen LogP contribution >= 0.6 is 0 Å². The van der Waals surface area contributed by atoms with Crippen LogP contribution in [0.15, 0.2) is 0 Å². The first kappa shape index (κ1) is 16.8. The van der Waals surface area contributed by atoms with Crippen LogP contribution in [-0.2, 0) is 9.63 Å². The van der Waals surface area contributed by atoms with Crippen molar-refractivity contribution in [2.45, 2.75) is 109 Å². The van der Waals surface area contributed by atoms with Crippen LogP contribution in [0.3, 0.4) is 0 Å². The Bertz CT molecular complexity index is 276. The zero-order valence-corrected chi connectivity index (χ0v) is 13.8. The summed E-state index contributed by atoms with van der Waals surface area (Å²) in [5.74, 6) is -0.000373. The fraction of sp³-hybridized carbons (Fsp3) is 0.944. The third-order valence-electron chi connectivity index (χ3n) is 5.06. The maximum Gasteiger partial charge on any atom is 0.325 e. The highest BCUT2D eigenvalue weighted by atomic mass is 16.7. The molecule has 0 N–H and O–H groups in total. The van der Waals surface area contributed by atoms with Gasteiger partial charge in [-0.25, -0.2) is 0 Å². The maximum absolute atomic E-state index is 12.1. The van der Waals surface area contributed by atoms with E-state index >= 15 is 0 Å². The molecule has 0 aromatic rings. The van der Waals surface area contributed by atoms with Crippen LogP contribution in [-0.4, -0.2) is 23.1 Å². The molecule has 2 aliphatic carbocycles. The Morgan fingerprint density at radius 2 is 1.43 bits per heavy atom. The van der Waals surface area contributed by atoms with Gasteiger partial charge in [0, 0.05) is 18.5 Å². The molecule has 2 rings (SSSR count). The topological polar surface area (TPSA) is 29.5 Å². The molecule has 2 fully saturated rings. The van der Waals surface area contributed by atoms with Crippen LogP contribution in [0, 0.1) is 0 Å². The predicted octanol–water partition coefficient (Wildman–Crippen LogP) is 4.99. The molecule has 0 saturated heterocycles. The van der Waals surface area contributed by atoms with Crippen molar-refractivity contribution in [3.8, 4) is 0 Å². The van der Waals surface area contributed by atoms with Crippen LogP contribution < -0.4 is 0 Å². The van der Waals surface area contributed by atoms with Crippen molar-refractivity contribution in [3.63, 3.8) is 0 Å². The molecule has 21 heavy (non-hydrogen) atoms. The summed E-state index contributed by atoms with van der Waals surface area (Å²) in [6.45, 7) is 2.17. The van der Waals surface area contributed by atoms with Gasteiger partial charge in [0.05, 0.1) is 0 Å². The Morgan fingerprint density at radius 1 is 0.905 bits per heavy atom. The van der Waals surface area contributed by atoms with Crippen molar-refractivity contribution in [2.75, 3.05) is 0 Å². The monoisotopic (exact) mass is 295 g/mol. The number of hydroxylamine groups is 2. The summed E-state index contributed by atoms with van der Waals surface area (Å²) < 4.78 is 0. The van der Waals surface area contributed by atoms with Crippen molar-refractivity contribution in [2.24, 2.45) is 0 Å².